The Morgan fingerprint density at radius 3 is 2.70 bits per heavy atom. The number of aryl methyl sites for hydroxylation is 1. The maximum atomic E-state index is 12.6. The fourth-order valence-corrected chi connectivity index (χ4v) is 3.20. The molecule has 0 spiro atoms. The first-order valence-electron chi connectivity index (χ1n) is 7.19. The van der Waals surface area contributed by atoms with Crippen molar-refractivity contribution < 1.29 is 9.53 Å². The first-order chi connectivity index (χ1) is 11.1. The number of nitrogens with zero attached hydrogens (tertiary/aromatic N) is 4. The number of H-pyrrole nitrogens is 1. The molecule has 0 radical (unpaired) electrons. The summed E-state index contributed by atoms with van der Waals surface area (Å²) < 4.78 is 9.32. The largest absolute Gasteiger partial charge is 0.496 e. The number of aromatic nitrogens is 3. The highest BCUT2D eigenvalue weighted by Crippen LogP contribution is 2.21. The lowest BCUT2D eigenvalue weighted by atomic mass is 10.2. The van der Waals surface area contributed by atoms with Crippen molar-refractivity contribution in [1.29, 1.82) is 0 Å². The van der Waals surface area contributed by atoms with Crippen molar-refractivity contribution in [3.63, 3.8) is 0 Å². The van der Waals surface area contributed by atoms with Crippen LogP contribution in [0.3, 0.4) is 0 Å². The molecule has 2 aromatic heterocycles. The van der Waals surface area contributed by atoms with Crippen LogP contribution in [0.25, 0.3) is 0 Å². The number of carbonyl (C=O) groups excluding carboxylic acids is 1. The summed E-state index contributed by atoms with van der Waals surface area (Å²) in [6, 6.07) is 1.29. The predicted octanol–water partition coefficient (Wildman–Crippen LogP) is 0.506. The standard InChI is InChI=1S/C14H17N5O3S/c1-9-16-14(23-17-9)19-5-3-18(4-6-19)13(21)10-8-15-12(20)7-11(10)22-2/h7-8H,3-6H2,1-2H3,(H,15,20). The number of nitrogens with one attached hydrogen (secondary N) is 1. The molecule has 1 N–H and O–H groups in total. The van der Waals surface area contributed by atoms with E-state index in [1.54, 1.807) is 4.90 Å². The molecule has 1 aliphatic heterocycles. The van der Waals surface area contributed by atoms with Gasteiger partial charge in [0.05, 0.1) is 12.7 Å². The Bertz CT molecular complexity index is 764. The minimum atomic E-state index is -0.296. The number of methoxy groups -OCH3 is 1. The quantitative estimate of drug-likeness (QED) is 0.878. The van der Waals surface area contributed by atoms with Crippen LogP contribution in [0.2, 0.25) is 0 Å². The maximum Gasteiger partial charge on any atom is 0.259 e. The molecule has 8 nitrogen and oxygen atoms in total. The van der Waals surface area contributed by atoms with Crippen LogP contribution in [0, 0.1) is 6.92 Å². The molecule has 0 bridgehead atoms. The van der Waals surface area contributed by atoms with Gasteiger partial charge in [0.25, 0.3) is 11.5 Å². The molecule has 1 amide bonds. The number of amides is 1. The van der Waals surface area contributed by atoms with E-state index in [9.17, 15) is 9.59 Å². The number of anilines is 1. The van der Waals surface area contributed by atoms with Crippen LogP contribution in [0.4, 0.5) is 5.13 Å². The Morgan fingerprint density at radius 2 is 2.09 bits per heavy atom. The molecular weight excluding hydrogens is 318 g/mol. The summed E-state index contributed by atoms with van der Waals surface area (Å²) >= 11 is 1.37. The summed E-state index contributed by atoms with van der Waals surface area (Å²) in [4.78, 5) is 34.7. The molecule has 0 aliphatic carbocycles. The summed E-state index contributed by atoms with van der Waals surface area (Å²) in [6.45, 7) is 4.43. The van der Waals surface area contributed by atoms with Crippen molar-refractivity contribution in [3.05, 3.63) is 34.0 Å². The van der Waals surface area contributed by atoms with Crippen molar-refractivity contribution in [2.24, 2.45) is 0 Å². The van der Waals surface area contributed by atoms with E-state index < -0.39 is 0 Å². The van der Waals surface area contributed by atoms with Crippen LogP contribution in [-0.2, 0) is 0 Å². The van der Waals surface area contributed by atoms with Gasteiger partial charge < -0.3 is 19.5 Å². The van der Waals surface area contributed by atoms with Gasteiger partial charge in [-0.3, -0.25) is 9.59 Å². The first kappa shape index (κ1) is 15.5. The highest BCUT2D eigenvalue weighted by molar-refractivity contribution is 7.09. The normalized spacial score (nSPS) is 14.9. The van der Waals surface area contributed by atoms with Crippen molar-refractivity contribution in [2.75, 3.05) is 38.2 Å². The molecule has 1 saturated heterocycles. The second-order valence-corrected chi connectivity index (χ2v) is 5.91. The van der Waals surface area contributed by atoms with Gasteiger partial charge in [0.1, 0.15) is 11.6 Å². The Balaban J connectivity index is 1.70. The second kappa shape index (κ2) is 6.37. The van der Waals surface area contributed by atoms with Gasteiger partial charge in [-0.25, -0.2) is 4.98 Å². The third-order valence-corrected chi connectivity index (χ3v) is 4.56. The predicted molar refractivity (Wildman–Crippen MR) is 86.4 cm³/mol. The third kappa shape index (κ3) is 3.19. The zero-order chi connectivity index (χ0) is 16.4. The van der Waals surface area contributed by atoms with Gasteiger partial charge in [0.15, 0.2) is 0 Å². The van der Waals surface area contributed by atoms with Crippen molar-refractivity contribution in [2.45, 2.75) is 6.92 Å². The Kier molecular flexibility index (Phi) is 4.28. The number of hydrogen-bond acceptors (Lipinski definition) is 7. The van der Waals surface area contributed by atoms with Gasteiger partial charge in [0.2, 0.25) is 5.13 Å². The number of pyridine rings is 1. The Hall–Kier alpha value is -2.42. The molecule has 9 heteroatoms. The van der Waals surface area contributed by atoms with E-state index >= 15 is 0 Å². The van der Waals surface area contributed by atoms with Crippen LogP contribution in [0.15, 0.2) is 17.1 Å². The van der Waals surface area contributed by atoms with Gasteiger partial charge >= 0.3 is 0 Å². The fraction of sp³-hybridized carbons (Fsp3) is 0.429. The topological polar surface area (TPSA) is 91.4 Å². The second-order valence-electron chi connectivity index (χ2n) is 5.18. The Labute approximate surface area is 136 Å². The smallest absolute Gasteiger partial charge is 0.259 e. The highest BCUT2D eigenvalue weighted by atomic mass is 32.1. The van der Waals surface area contributed by atoms with E-state index in [0.717, 1.165) is 11.0 Å². The molecule has 23 heavy (non-hydrogen) atoms. The summed E-state index contributed by atoms with van der Waals surface area (Å²) in [6.07, 6.45) is 1.41. The summed E-state index contributed by atoms with van der Waals surface area (Å²) in [7, 11) is 1.45. The Morgan fingerprint density at radius 1 is 1.35 bits per heavy atom. The molecule has 0 unspecified atom stereocenters. The van der Waals surface area contributed by atoms with E-state index in [-0.39, 0.29) is 11.5 Å². The van der Waals surface area contributed by atoms with Crippen LogP contribution < -0.4 is 15.2 Å². The van der Waals surface area contributed by atoms with Gasteiger partial charge in [-0.05, 0) is 6.92 Å². The monoisotopic (exact) mass is 335 g/mol. The number of rotatable bonds is 3. The van der Waals surface area contributed by atoms with Crippen molar-refractivity contribution in [3.8, 4) is 5.75 Å². The van der Waals surface area contributed by atoms with E-state index in [1.165, 1.54) is 30.9 Å². The average molecular weight is 335 g/mol. The molecule has 2 aromatic rings. The molecule has 122 valence electrons. The summed E-state index contributed by atoms with van der Waals surface area (Å²) in [5, 5.41) is 0.885. The first-order valence-corrected chi connectivity index (χ1v) is 7.97. The van der Waals surface area contributed by atoms with E-state index in [4.69, 9.17) is 4.74 Å². The maximum absolute atomic E-state index is 12.6. The van der Waals surface area contributed by atoms with Gasteiger partial charge in [0, 0.05) is 50.0 Å². The number of ether oxygens (including phenoxy) is 1. The summed E-state index contributed by atoms with van der Waals surface area (Å²) in [5.74, 6) is 0.911. The molecular formula is C14H17N5O3S. The average Bonchev–Trinajstić information content (AvgIpc) is 3.00. The van der Waals surface area contributed by atoms with Crippen LogP contribution in [0.5, 0.6) is 5.75 Å². The molecule has 3 rings (SSSR count). The van der Waals surface area contributed by atoms with Gasteiger partial charge in [-0.1, -0.05) is 0 Å². The molecule has 0 atom stereocenters. The minimum Gasteiger partial charge on any atom is -0.496 e. The van der Waals surface area contributed by atoms with Gasteiger partial charge in [-0.15, -0.1) is 0 Å². The van der Waals surface area contributed by atoms with Crippen LogP contribution in [-0.4, -0.2) is 58.4 Å². The zero-order valence-electron chi connectivity index (χ0n) is 12.9. The molecule has 0 aromatic carbocycles. The fourth-order valence-electron chi connectivity index (χ4n) is 2.47. The van der Waals surface area contributed by atoms with Crippen LogP contribution >= 0.6 is 11.5 Å². The number of carbonyl (C=O) groups is 1. The van der Waals surface area contributed by atoms with Crippen molar-refractivity contribution in [1.82, 2.24) is 19.2 Å². The summed E-state index contributed by atoms with van der Waals surface area (Å²) in [5.41, 5.74) is 0.0715. The number of aromatic amines is 1. The lowest BCUT2D eigenvalue weighted by molar-refractivity contribution is 0.0743. The van der Waals surface area contributed by atoms with E-state index in [2.05, 4.69) is 19.2 Å². The molecule has 1 aliphatic rings. The number of piperazine rings is 1. The number of hydrogen-bond donors (Lipinski definition) is 1. The third-order valence-electron chi connectivity index (χ3n) is 3.69. The zero-order valence-corrected chi connectivity index (χ0v) is 13.7. The molecule has 1 fully saturated rings. The van der Waals surface area contributed by atoms with E-state index in [0.29, 0.717) is 37.5 Å². The SMILES string of the molecule is COc1cc(=O)[nH]cc1C(=O)N1CCN(c2nc(C)ns2)CC1. The van der Waals surface area contributed by atoms with Gasteiger partial charge in [-0.2, -0.15) is 4.37 Å². The lowest BCUT2D eigenvalue weighted by Crippen LogP contribution is -2.49. The highest BCUT2D eigenvalue weighted by Gasteiger charge is 2.25. The minimum absolute atomic E-state index is 0.147. The molecule has 0 saturated carbocycles. The molecule has 3 heterocycles. The van der Waals surface area contributed by atoms with E-state index in [1.807, 2.05) is 6.92 Å². The van der Waals surface area contributed by atoms with Crippen LogP contribution in [0.1, 0.15) is 16.2 Å². The van der Waals surface area contributed by atoms with Crippen molar-refractivity contribution >= 4 is 22.6 Å². The lowest BCUT2D eigenvalue weighted by Gasteiger charge is -2.34.